The van der Waals surface area contributed by atoms with Crippen molar-refractivity contribution in [2.45, 2.75) is 38.6 Å². The maximum Gasteiger partial charge on any atom is 0.255 e. The number of hydrogen-bond acceptors (Lipinski definition) is 3. The van der Waals surface area contributed by atoms with Crippen molar-refractivity contribution in [3.63, 3.8) is 0 Å². The van der Waals surface area contributed by atoms with Crippen molar-refractivity contribution in [1.29, 1.82) is 0 Å². The molecule has 2 aliphatic rings. The number of pyridine rings is 1. The van der Waals surface area contributed by atoms with E-state index in [4.69, 9.17) is 5.73 Å². The largest absolute Gasteiger partial charge is 0.349 e. The van der Waals surface area contributed by atoms with Crippen LogP contribution in [0.25, 0.3) is 5.52 Å². The molecule has 1 amide bonds. The third kappa shape index (κ3) is 1.81. The Labute approximate surface area is 129 Å². The van der Waals surface area contributed by atoms with Gasteiger partial charge in [-0.15, -0.1) is 0 Å². The molecule has 5 heteroatoms. The molecule has 5 nitrogen and oxygen atoms in total. The Morgan fingerprint density at radius 3 is 3.05 bits per heavy atom. The minimum atomic E-state index is -0.00709. The molecule has 2 atom stereocenters. The van der Waals surface area contributed by atoms with E-state index < -0.39 is 0 Å². The van der Waals surface area contributed by atoms with E-state index in [2.05, 4.69) is 10.4 Å². The smallest absolute Gasteiger partial charge is 0.255 e. The Morgan fingerprint density at radius 1 is 1.55 bits per heavy atom. The molecule has 2 saturated carbocycles. The molecule has 0 radical (unpaired) electrons. The number of rotatable bonds is 3. The van der Waals surface area contributed by atoms with E-state index in [1.165, 1.54) is 19.3 Å². The third-order valence-corrected chi connectivity index (χ3v) is 5.82. The molecule has 2 fully saturated rings. The molecular weight excluding hydrogens is 276 g/mol. The normalized spacial score (nSPS) is 25.7. The zero-order chi connectivity index (χ0) is 15.3. The predicted octanol–water partition coefficient (Wildman–Crippen LogP) is 1.89. The minimum absolute atomic E-state index is 0.00709. The van der Waals surface area contributed by atoms with Crippen LogP contribution in [0.2, 0.25) is 0 Å². The fourth-order valence-corrected chi connectivity index (χ4v) is 4.25. The maximum absolute atomic E-state index is 12.7. The summed E-state index contributed by atoms with van der Waals surface area (Å²) in [6.07, 6.45) is 8.24. The fourth-order valence-electron chi connectivity index (χ4n) is 4.25. The molecule has 2 aromatic heterocycles. The summed E-state index contributed by atoms with van der Waals surface area (Å²) in [5, 5.41) is 7.51. The summed E-state index contributed by atoms with van der Waals surface area (Å²) in [6.45, 7) is 2.76. The summed E-state index contributed by atoms with van der Waals surface area (Å²) in [5.41, 5.74) is 8.81. The van der Waals surface area contributed by atoms with Crippen LogP contribution in [0.5, 0.6) is 0 Å². The van der Waals surface area contributed by atoms with Gasteiger partial charge in [0.2, 0.25) is 0 Å². The molecule has 0 saturated heterocycles. The Morgan fingerprint density at radius 2 is 2.36 bits per heavy atom. The molecule has 0 aromatic carbocycles. The van der Waals surface area contributed by atoms with Crippen LogP contribution in [0.4, 0.5) is 0 Å². The van der Waals surface area contributed by atoms with Gasteiger partial charge in [0.05, 0.1) is 17.3 Å². The number of carbonyl (C=O) groups is 1. The van der Waals surface area contributed by atoms with Crippen molar-refractivity contribution in [3.05, 3.63) is 35.7 Å². The highest BCUT2D eigenvalue weighted by Gasteiger charge is 2.57. The zero-order valence-electron chi connectivity index (χ0n) is 12.9. The Kier molecular flexibility index (Phi) is 3.01. The van der Waals surface area contributed by atoms with Crippen molar-refractivity contribution in [3.8, 4) is 0 Å². The quantitative estimate of drug-likeness (QED) is 0.909. The Bertz CT molecular complexity index is 731. The number of carbonyl (C=O) groups excluding carboxylic acids is 1. The van der Waals surface area contributed by atoms with Crippen molar-refractivity contribution >= 4 is 11.4 Å². The first-order valence-electron chi connectivity index (χ1n) is 8.09. The van der Waals surface area contributed by atoms with Gasteiger partial charge in [-0.25, -0.2) is 4.52 Å². The lowest BCUT2D eigenvalue weighted by Gasteiger charge is -2.61. The van der Waals surface area contributed by atoms with Gasteiger partial charge < -0.3 is 11.1 Å². The number of aromatic nitrogens is 2. The topological polar surface area (TPSA) is 72.4 Å². The maximum atomic E-state index is 12.7. The van der Waals surface area contributed by atoms with Gasteiger partial charge in [-0.3, -0.25) is 4.79 Å². The predicted molar refractivity (Wildman–Crippen MR) is 84.6 cm³/mol. The fraction of sp³-hybridized carbons (Fsp3) is 0.529. The SMILES string of the molecule is Cc1ccn2ncc(C(=O)NC3CC(CN)C34CCC4)c2c1. The van der Waals surface area contributed by atoms with Gasteiger partial charge in [-0.05, 0) is 61.8 Å². The monoisotopic (exact) mass is 298 g/mol. The average molecular weight is 298 g/mol. The van der Waals surface area contributed by atoms with E-state index in [-0.39, 0.29) is 17.4 Å². The van der Waals surface area contributed by atoms with Crippen molar-refractivity contribution in [1.82, 2.24) is 14.9 Å². The Hall–Kier alpha value is -1.88. The third-order valence-electron chi connectivity index (χ3n) is 5.82. The number of fused-ring (bicyclic) bond motifs is 1. The number of amides is 1. The lowest BCUT2D eigenvalue weighted by atomic mass is 9.47. The summed E-state index contributed by atoms with van der Waals surface area (Å²) >= 11 is 0. The first-order valence-corrected chi connectivity index (χ1v) is 8.09. The van der Waals surface area contributed by atoms with Gasteiger partial charge >= 0.3 is 0 Å². The van der Waals surface area contributed by atoms with E-state index in [9.17, 15) is 4.79 Å². The summed E-state index contributed by atoms with van der Waals surface area (Å²) in [6, 6.07) is 4.27. The van der Waals surface area contributed by atoms with Gasteiger partial charge in [0, 0.05) is 12.2 Å². The van der Waals surface area contributed by atoms with Gasteiger partial charge in [0.1, 0.15) is 0 Å². The highest BCUT2D eigenvalue weighted by atomic mass is 16.1. The summed E-state index contributed by atoms with van der Waals surface area (Å²) in [7, 11) is 0. The molecule has 0 aliphatic heterocycles. The molecule has 2 aromatic rings. The van der Waals surface area contributed by atoms with Crippen molar-refractivity contribution in [2.24, 2.45) is 17.1 Å². The van der Waals surface area contributed by atoms with Crippen LogP contribution in [0.1, 0.15) is 41.6 Å². The molecule has 0 bridgehead atoms. The van der Waals surface area contributed by atoms with E-state index in [1.807, 2.05) is 25.3 Å². The van der Waals surface area contributed by atoms with E-state index >= 15 is 0 Å². The minimum Gasteiger partial charge on any atom is -0.349 e. The number of hydrogen-bond donors (Lipinski definition) is 2. The summed E-state index contributed by atoms with van der Waals surface area (Å²) < 4.78 is 1.75. The first kappa shape index (κ1) is 13.8. The number of aryl methyl sites for hydroxylation is 1. The highest BCUT2D eigenvalue weighted by Crippen LogP contribution is 2.59. The number of nitrogens with zero attached hydrogens (tertiary/aromatic N) is 2. The summed E-state index contributed by atoms with van der Waals surface area (Å²) in [4.78, 5) is 12.7. The molecule has 2 unspecified atom stereocenters. The van der Waals surface area contributed by atoms with Crippen LogP contribution in [0, 0.1) is 18.3 Å². The molecular formula is C17H22N4O. The highest BCUT2D eigenvalue weighted by molar-refractivity contribution is 6.00. The molecule has 1 spiro atoms. The van der Waals surface area contributed by atoms with Crippen LogP contribution in [-0.4, -0.2) is 28.1 Å². The van der Waals surface area contributed by atoms with Gasteiger partial charge in [-0.2, -0.15) is 5.10 Å². The van der Waals surface area contributed by atoms with E-state index in [1.54, 1.807) is 10.7 Å². The van der Waals surface area contributed by atoms with Crippen molar-refractivity contribution in [2.75, 3.05) is 6.54 Å². The molecule has 3 N–H and O–H groups in total. The average Bonchev–Trinajstić information content (AvgIpc) is 2.84. The number of nitrogens with two attached hydrogens (primary N) is 1. The second kappa shape index (κ2) is 4.81. The molecule has 116 valence electrons. The van der Waals surface area contributed by atoms with E-state index in [0.29, 0.717) is 11.5 Å². The zero-order valence-corrected chi connectivity index (χ0v) is 12.9. The lowest BCUT2D eigenvalue weighted by Crippen LogP contribution is -2.65. The first-order chi connectivity index (χ1) is 10.6. The standard InChI is InChI=1S/C17H22N4O/c1-11-3-6-21-14(7-11)13(10-19-21)16(22)20-15-8-12(9-18)17(15)4-2-5-17/h3,6-7,10,12,15H,2,4-5,8-9,18H2,1H3,(H,20,22). The van der Waals surface area contributed by atoms with Gasteiger partial charge in [0.15, 0.2) is 0 Å². The van der Waals surface area contributed by atoms with Crippen LogP contribution < -0.4 is 11.1 Å². The molecule has 2 aliphatic carbocycles. The van der Waals surface area contributed by atoms with Crippen LogP contribution in [0.3, 0.4) is 0 Å². The lowest BCUT2D eigenvalue weighted by molar-refractivity contribution is -0.0798. The van der Waals surface area contributed by atoms with Crippen LogP contribution >= 0.6 is 0 Å². The van der Waals surface area contributed by atoms with Gasteiger partial charge in [0.25, 0.3) is 5.91 Å². The second-order valence-electron chi connectivity index (χ2n) is 6.87. The van der Waals surface area contributed by atoms with E-state index in [0.717, 1.165) is 24.0 Å². The van der Waals surface area contributed by atoms with Crippen LogP contribution in [0.15, 0.2) is 24.5 Å². The molecule has 4 rings (SSSR count). The Balaban J connectivity index is 1.56. The van der Waals surface area contributed by atoms with Gasteiger partial charge in [-0.1, -0.05) is 6.42 Å². The second-order valence-corrected chi connectivity index (χ2v) is 6.87. The summed E-state index contributed by atoms with van der Waals surface area (Å²) in [5.74, 6) is 0.574. The van der Waals surface area contributed by atoms with Crippen molar-refractivity contribution < 1.29 is 4.79 Å². The molecule has 22 heavy (non-hydrogen) atoms. The molecule has 2 heterocycles. The number of nitrogens with one attached hydrogen (secondary N) is 1. The van der Waals surface area contributed by atoms with Crippen LogP contribution in [-0.2, 0) is 0 Å².